The molecule has 5 aromatic heterocycles. The Morgan fingerprint density at radius 3 is 1.50 bits per heavy atom. The molecule has 9 aromatic carbocycles. The fraction of sp³-hybridized carbons (Fsp3) is 0. The van der Waals surface area contributed by atoms with E-state index in [1.807, 2.05) is 18.2 Å². The van der Waals surface area contributed by atoms with Crippen LogP contribution in [0.5, 0.6) is 0 Å². The molecule has 0 aliphatic rings. The van der Waals surface area contributed by atoms with E-state index in [4.69, 9.17) is 23.8 Å². The second-order valence-electron chi connectivity index (χ2n) is 16.3. The first-order valence-corrected chi connectivity index (χ1v) is 22.9. The molecule has 0 atom stereocenters. The van der Waals surface area contributed by atoms with Gasteiger partial charge in [0, 0.05) is 78.6 Å². The van der Waals surface area contributed by atoms with Gasteiger partial charge in [-0.15, -0.1) is 22.7 Å². The Labute approximate surface area is 373 Å². The van der Waals surface area contributed by atoms with Gasteiger partial charge in [0.05, 0.1) is 0 Å². The van der Waals surface area contributed by atoms with Gasteiger partial charge in [-0.3, -0.25) is 0 Å². The summed E-state index contributed by atoms with van der Waals surface area (Å²) in [6, 6.07) is 66.1. The van der Waals surface area contributed by atoms with Crippen molar-refractivity contribution in [1.82, 2.24) is 15.0 Å². The molecule has 0 aliphatic carbocycles. The highest BCUT2D eigenvalue weighted by molar-refractivity contribution is 7.26. The molecule has 0 fully saturated rings. The van der Waals surface area contributed by atoms with Crippen molar-refractivity contribution in [2.45, 2.75) is 0 Å². The molecule has 0 aliphatic heterocycles. The van der Waals surface area contributed by atoms with Gasteiger partial charge in [-0.05, 0) is 82.9 Å². The van der Waals surface area contributed by atoms with Crippen molar-refractivity contribution < 1.29 is 8.83 Å². The zero-order valence-electron chi connectivity index (χ0n) is 33.9. The van der Waals surface area contributed by atoms with Crippen molar-refractivity contribution in [3.8, 4) is 56.4 Å². The molecular formula is C57H31N3O2S2. The maximum absolute atomic E-state index is 6.60. The molecule has 64 heavy (non-hydrogen) atoms. The largest absolute Gasteiger partial charge is 0.456 e. The van der Waals surface area contributed by atoms with Gasteiger partial charge >= 0.3 is 0 Å². The van der Waals surface area contributed by atoms with E-state index in [1.165, 1.54) is 40.3 Å². The minimum absolute atomic E-state index is 0.587. The smallest absolute Gasteiger partial charge is 0.164 e. The second-order valence-corrected chi connectivity index (χ2v) is 18.4. The van der Waals surface area contributed by atoms with E-state index in [9.17, 15) is 0 Å². The number of hydrogen-bond donors (Lipinski definition) is 0. The van der Waals surface area contributed by atoms with Gasteiger partial charge in [-0.1, -0.05) is 127 Å². The zero-order chi connectivity index (χ0) is 41.9. The van der Waals surface area contributed by atoms with Gasteiger partial charge in [-0.25, -0.2) is 15.0 Å². The highest BCUT2D eigenvalue weighted by Crippen LogP contribution is 2.43. The van der Waals surface area contributed by atoms with Crippen LogP contribution in [0.3, 0.4) is 0 Å². The van der Waals surface area contributed by atoms with E-state index in [1.54, 1.807) is 22.7 Å². The maximum atomic E-state index is 6.60. The van der Waals surface area contributed by atoms with Crippen LogP contribution < -0.4 is 0 Å². The number of hydrogen-bond acceptors (Lipinski definition) is 7. The Bertz CT molecular complexity index is 4080. The molecule has 298 valence electrons. The molecule has 0 amide bonds. The Balaban J connectivity index is 0.958. The summed E-state index contributed by atoms with van der Waals surface area (Å²) in [7, 11) is 0. The Kier molecular flexibility index (Phi) is 7.66. The van der Waals surface area contributed by atoms with E-state index in [2.05, 4.69) is 170 Å². The molecule has 0 radical (unpaired) electrons. The molecule has 0 saturated carbocycles. The van der Waals surface area contributed by atoms with Crippen molar-refractivity contribution >= 4 is 107 Å². The van der Waals surface area contributed by atoms with Crippen LogP contribution in [-0.2, 0) is 0 Å². The third-order valence-corrected chi connectivity index (χ3v) is 14.8. The second kappa shape index (κ2) is 13.8. The lowest BCUT2D eigenvalue weighted by Gasteiger charge is -2.10. The summed E-state index contributed by atoms with van der Waals surface area (Å²) in [5.41, 5.74) is 10.5. The van der Waals surface area contributed by atoms with Crippen LogP contribution in [0.2, 0.25) is 0 Å². The normalized spacial score (nSPS) is 12.1. The summed E-state index contributed by atoms with van der Waals surface area (Å²) in [5.74, 6) is 1.83. The van der Waals surface area contributed by atoms with Gasteiger partial charge in [0.1, 0.15) is 22.3 Å². The summed E-state index contributed by atoms with van der Waals surface area (Å²) < 4.78 is 18.0. The number of furan rings is 2. The van der Waals surface area contributed by atoms with Crippen LogP contribution in [-0.4, -0.2) is 15.0 Å². The first kappa shape index (κ1) is 35.6. The predicted octanol–water partition coefficient (Wildman–Crippen LogP) is 16.7. The van der Waals surface area contributed by atoms with Crippen LogP contribution in [0.15, 0.2) is 197 Å². The topological polar surface area (TPSA) is 65.0 Å². The van der Waals surface area contributed by atoms with Gasteiger partial charge in [0.2, 0.25) is 0 Å². The molecule has 0 N–H and O–H groups in total. The number of benzene rings is 9. The summed E-state index contributed by atoms with van der Waals surface area (Å²) in [6.45, 7) is 0. The monoisotopic (exact) mass is 853 g/mol. The lowest BCUT2D eigenvalue weighted by atomic mass is 9.96. The van der Waals surface area contributed by atoms with Crippen molar-refractivity contribution in [2.75, 3.05) is 0 Å². The molecule has 0 spiro atoms. The van der Waals surface area contributed by atoms with Crippen LogP contribution in [0, 0.1) is 0 Å². The molecule has 14 rings (SSSR count). The third kappa shape index (κ3) is 5.51. The lowest BCUT2D eigenvalue weighted by Crippen LogP contribution is -2.00. The molecule has 14 aromatic rings. The average Bonchev–Trinajstić information content (AvgIpc) is 4.13. The maximum Gasteiger partial charge on any atom is 0.164 e. The number of aromatic nitrogens is 3. The van der Waals surface area contributed by atoms with Crippen LogP contribution >= 0.6 is 22.7 Å². The van der Waals surface area contributed by atoms with E-state index in [-0.39, 0.29) is 0 Å². The number of nitrogens with zero attached hydrogens (tertiary/aromatic N) is 3. The number of fused-ring (bicyclic) bond motifs is 12. The molecular weight excluding hydrogens is 823 g/mol. The number of rotatable bonds is 5. The molecule has 5 heterocycles. The van der Waals surface area contributed by atoms with Crippen molar-refractivity contribution in [1.29, 1.82) is 0 Å². The minimum Gasteiger partial charge on any atom is -0.456 e. The van der Waals surface area contributed by atoms with E-state index >= 15 is 0 Å². The standard InChI is InChI=1S/C57H31N3O2S2/c1-2-10-32(11-3-1)33-20-26-42-48(29-33)62-46-16-8-14-37(53(42)46)34-23-27-45-44(28-34)54-43(15-9-17-47(54)61-45)57-59-55(35-21-24-40-38-12-4-6-18-49(38)63-51(40)30-35)58-56(60-57)36-22-25-41-39-13-5-7-19-50(39)64-52(41)31-36/h1-31H. The summed E-state index contributed by atoms with van der Waals surface area (Å²) in [5, 5.41) is 9.09. The minimum atomic E-state index is 0.587. The van der Waals surface area contributed by atoms with Gasteiger partial charge < -0.3 is 8.83 Å². The molecule has 7 heteroatoms. The van der Waals surface area contributed by atoms with Crippen LogP contribution in [0.4, 0.5) is 0 Å². The number of thiophene rings is 2. The quantitative estimate of drug-likeness (QED) is 0.173. The third-order valence-electron chi connectivity index (χ3n) is 12.6. The highest BCUT2D eigenvalue weighted by Gasteiger charge is 2.21. The summed E-state index contributed by atoms with van der Waals surface area (Å²) in [6.07, 6.45) is 0. The van der Waals surface area contributed by atoms with Crippen LogP contribution in [0.1, 0.15) is 0 Å². The zero-order valence-corrected chi connectivity index (χ0v) is 35.5. The predicted molar refractivity (Wildman–Crippen MR) is 267 cm³/mol. The van der Waals surface area contributed by atoms with Crippen LogP contribution in [0.25, 0.3) is 141 Å². The van der Waals surface area contributed by atoms with E-state index in [0.717, 1.165) is 82.8 Å². The van der Waals surface area contributed by atoms with Crippen molar-refractivity contribution in [3.05, 3.63) is 188 Å². The van der Waals surface area contributed by atoms with E-state index in [0.29, 0.717) is 17.5 Å². The van der Waals surface area contributed by atoms with Gasteiger partial charge in [0.25, 0.3) is 0 Å². The Morgan fingerprint density at radius 1 is 0.281 bits per heavy atom. The van der Waals surface area contributed by atoms with Crippen molar-refractivity contribution in [2.24, 2.45) is 0 Å². The van der Waals surface area contributed by atoms with Gasteiger partial charge in [-0.2, -0.15) is 0 Å². The summed E-state index contributed by atoms with van der Waals surface area (Å²) >= 11 is 3.58. The first-order chi connectivity index (χ1) is 31.7. The molecule has 0 unspecified atom stereocenters. The highest BCUT2D eigenvalue weighted by atomic mass is 32.1. The molecule has 0 bridgehead atoms. The van der Waals surface area contributed by atoms with Crippen molar-refractivity contribution in [3.63, 3.8) is 0 Å². The van der Waals surface area contributed by atoms with E-state index < -0.39 is 0 Å². The first-order valence-electron chi connectivity index (χ1n) is 21.2. The molecule has 0 saturated heterocycles. The fourth-order valence-electron chi connectivity index (χ4n) is 9.54. The summed E-state index contributed by atoms with van der Waals surface area (Å²) in [4.78, 5) is 15.8. The SMILES string of the molecule is c1ccc(-c2ccc3c(c2)oc2cccc(-c4ccc5oc6cccc(-c7nc(-c8ccc9c(c8)sc8ccccc89)nc(-c8ccc9c(c8)sc8ccccc89)n7)c6c5c4)c23)cc1. The molecule has 5 nitrogen and oxygen atoms in total. The van der Waals surface area contributed by atoms with Gasteiger partial charge in [0.15, 0.2) is 17.5 Å². The Hall–Kier alpha value is -7.97. The fourth-order valence-corrected chi connectivity index (χ4v) is 11.8. The lowest BCUT2D eigenvalue weighted by molar-refractivity contribution is 0.669. The average molecular weight is 854 g/mol. The Morgan fingerprint density at radius 2 is 0.812 bits per heavy atom.